The molecule has 2 rings (SSSR count). The Hall–Kier alpha value is -1.13. The molecule has 0 amide bonds. The van der Waals surface area contributed by atoms with Crippen molar-refractivity contribution in [2.45, 2.75) is 6.61 Å². The van der Waals surface area contributed by atoms with Gasteiger partial charge in [0.1, 0.15) is 18.1 Å². The summed E-state index contributed by atoms with van der Waals surface area (Å²) in [4.78, 5) is 4.70. The summed E-state index contributed by atoms with van der Waals surface area (Å²) < 4.78 is 12.5. The Morgan fingerprint density at radius 1 is 1.55 bits per heavy atom. The first-order valence-corrected chi connectivity index (χ1v) is 3.18. The lowest BCUT2D eigenvalue weighted by Crippen LogP contribution is -2.10. The Morgan fingerprint density at radius 2 is 2.36 bits per heavy atom. The van der Waals surface area contributed by atoms with Gasteiger partial charge in [0.15, 0.2) is 0 Å². The highest BCUT2D eigenvalue weighted by Gasteiger charge is 2.18. The molecule has 0 spiro atoms. The van der Waals surface area contributed by atoms with Crippen molar-refractivity contribution in [1.82, 2.24) is 0 Å². The summed E-state index contributed by atoms with van der Waals surface area (Å²) in [5, 5.41) is 9.53. The van der Waals surface area contributed by atoms with Gasteiger partial charge in [-0.25, -0.2) is 9.23 Å². The van der Waals surface area contributed by atoms with Crippen molar-refractivity contribution in [1.29, 1.82) is 0 Å². The van der Waals surface area contributed by atoms with Crippen molar-refractivity contribution in [2.24, 2.45) is 0 Å². The highest BCUT2D eigenvalue weighted by atomic mass is 19.1. The van der Waals surface area contributed by atoms with Crippen LogP contribution in [0.2, 0.25) is 0 Å². The van der Waals surface area contributed by atoms with Gasteiger partial charge in [-0.15, -0.1) is 5.23 Å². The molecule has 1 N–H and O–H groups in total. The molecular weight excluding hydrogens is 149 g/mol. The van der Waals surface area contributed by atoms with Crippen LogP contribution in [-0.4, -0.2) is 5.21 Å². The van der Waals surface area contributed by atoms with Gasteiger partial charge in [0, 0.05) is 11.6 Å². The van der Waals surface area contributed by atoms with Gasteiger partial charge >= 0.3 is 0 Å². The van der Waals surface area contributed by atoms with E-state index in [2.05, 4.69) is 0 Å². The zero-order valence-electron chi connectivity index (χ0n) is 5.62. The summed E-state index contributed by atoms with van der Waals surface area (Å²) in [5.41, 5.74) is 1.17. The predicted molar refractivity (Wildman–Crippen MR) is 35.5 cm³/mol. The summed E-state index contributed by atoms with van der Waals surface area (Å²) in [6.07, 6.45) is 0. The minimum absolute atomic E-state index is 0.298. The smallest absolute Gasteiger partial charge is 0.125 e. The van der Waals surface area contributed by atoms with Crippen LogP contribution in [0.15, 0.2) is 18.2 Å². The molecule has 0 unspecified atom stereocenters. The van der Waals surface area contributed by atoms with E-state index in [4.69, 9.17) is 10.0 Å². The number of nitrogens with zero attached hydrogens (tertiary/aromatic N) is 1. The number of halogens is 1. The largest absolute Gasteiger partial charge is 0.264 e. The van der Waals surface area contributed by atoms with Gasteiger partial charge in [0.2, 0.25) is 0 Å². The van der Waals surface area contributed by atoms with Gasteiger partial charge in [0.25, 0.3) is 0 Å². The molecule has 1 aliphatic heterocycles. The maximum atomic E-state index is 12.5. The third-order valence-corrected chi connectivity index (χ3v) is 1.60. The Kier molecular flexibility index (Phi) is 1.30. The maximum absolute atomic E-state index is 12.5. The second-order valence-electron chi connectivity index (χ2n) is 2.32. The van der Waals surface area contributed by atoms with E-state index in [9.17, 15) is 4.39 Å². The first-order valence-electron chi connectivity index (χ1n) is 3.18. The molecule has 0 saturated heterocycles. The molecule has 58 valence electrons. The fraction of sp³-hybridized carbons (Fsp3) is 0.143. The minimum atomic E-state index is -0.381. The zero-order chi connectivity index (χ0) is 7.84. The molecule has 0 aromatic heterocycles. The molecule has 1 aliphatic rings. The Balaban J connectivity index is 2.52. The average Bonchev–Trinajstić information content (AvgIpc) is 2.33. The van der Waals surface area contributed by atoms with E-state index in [0.29, 0.717) is 17.5 Å². The van der Waals surface area contributed by atoms with Crippen LogP contribution in [0.5, 0.6) is 0 Å². The maximum Gasteiger partial charge on any atom is 0.125 e. The third-order valence-electron chi connectivity index (χ3n) is 1.60. The topological polar surface area (TPSA) is 32.7 Å². The average molecular weight is 155 g/mol. The first kappa shape index (κ1) is 6.57. The normalized spacial score (nSPS) is 15.3. The summed E-state index contributed by atoms with van der Waals surface area (Å²) in [5.74, 6) is -0.381. The Bertz CT molecular complexity index is 290. The standard InChI is InChI=1S/C7H6FNO2/c8-6-2-1-5-4-11-9(10)7(5)3-6/h1-3,10H,4H2. The first-order chi connectivity index (χ1) is 5.27. The molecule has 1 aromatic carbocycles. The van der Waals surface area contributed by atoms with Crippen LogP contribution in [0.1, 0.15) is 5.56 Å². The monoisotopic (exact) mass is 155 g/mol. The van der Waals surface area contributed by atoms with Gasteiger partial charge in [-0.3, -0.25) is 5.21 Å². The highest BCUT2D eigenvalue weighted by Crippen LogP contribution is 2.27. The van der Waals surface area contributed by atoms with Gasteiger partial charge in [-0.05, 0) is 6.07 Å². The molecule has 0 atom stereocenters. The van der Waals surface area contributed by atoms with Crippen LogP contribution >= 0.6 is 0 Å². The number of hydrogen-bond donors (Lipinski definition) is 1. The SMILES string of the molecule is ON1OCc2ccc(F)cc21. The fourth-order valence-electron chi connectivity index (χ4n) is 1.04. The van der Waals surface area contributed by atoms with Crippen LogP contribution in [0.25, 0.3) is 0 Å². The highest BCUT2D eigenvalue weighted by molar-refractivity contribution is 5.51. The molecule has 3 nitrogen and oxygen atoms in total. The summed E-state index contributed by atoms with van der Waals surface area (Å²) in [6.45, 7) is 0.298. The fourth-order valence-corrected chi connectivity index (χ4v) is 1.04. The molecule has 11 heavy (non-hydrogen) atoms. The molecule has 0 radical (unpaired) electrons. The van der Waals surface area contributed by atoms with Crippen LogP contribution < -0.4 is 5.23 Å². The number of anilines is 1. The van der Waals surface area contributed by atoms with Crippen LogP contribution in [0.3, 0.4) is 0 Å². The lowest BCUT2D eigenvalue weighted by Gasteiger charge is -2.05. The van der Waals surface area contributed by atoms with E-state index in [1.807, 2.05) is 0 Å². The van der Waals surface area contributed by atoms with E-state index in [-0.39, 0.29) is 5.82 Å². The van der Waals surface area contributed by atoms with Crippen molar-refractivity contribution in [3.05, 3.63) is 29.6 Å². The predicted octanol–water partition coefficient (Wildman–Crippen LogP) is 1.47. The lowest BCUT2D eigenvalue weighted by molar-refractivity contribution is -0.0329. The summed E-state index contributed by atoms with van der Waals surface area (Å²) in [6, 6.07) is 4.14. The van der Waals surface area contributed by atoms with E-state index in [1.54, 1.807) is 6.07 Å². The molecule has 0 fully saturated rings. The Labute approximate surface area is 62.5 Å². The molecule has 1 heterocycles. The number of benzene rings is 1. The molecule has 4 heteroatoms. The number of hydrogen-bond acceptors (Lipinski definition) is 3. The molecule has 1 aromatic rings. The van der Waals surface area contributed by atoms with Crippen molar-refractivity contribution in [2.75, 3.05) is 5.23 Å². The van der Waals surface area contributed by atoms with Gasteiger partial charge in [-0.2, -0.15) is 0 Å². The molecular formula is C7H6FNO2. The Morgan fingerprint density at radius 3 is 3.18 bits per heavy atom. The number of rotatable bonds is 0. The summed E-state index contributed by atoms with van der Waals surface area (Å²) in [7, 11) is 0. The van der Waals surface area contributed by atoms with Gasteiger partial charge in [-0.1, -0.05) is 6.07 Å². The van der Waals surface area contributed by atoms with Crippen LogP contribution in [0.4, 0.5) is 10.1 Å². The minimum Gasteiger partial charge on any atom is -0.264 e. The van der Waals surface area contributed by atoms with Crippen molar-refractivity contribution in [3.8, 4) is 0 Å². The third kappa shape index (κ3) is 0.961. The quantitative estimate of drug-likeness (QED) is 0.615. The zero-order valence-corrected chi connectivity index (χ0v) is 5.62. The second kappa shape index (κ2) is 2.18. The molecule has 0 saturated carbocycles. The van der Waals surface area contributed by atoms with E-state index < -0.39 is 0 Å². The van der Waals surface area contributed by atoms with E-state index >= 15 is 0 Å². The van der Waals surface area contributed by atoms with Crippen molar-refractivity contribution < 1.29 is 14.4 Å². The summed E-state index contributed by atoms with van der Waals surface area (Å²) >= 11 is 0. The van der Waals surface area contributed by atoms with Crippen molar-refractivity contribution >= 4 is 5.69 Å². The molecule has 0 aliphatic carbocycles. The van der Waals surface area contributed by atoms with Crippen LogP contribution in [0, 0.1) is 5.82 Å². The molecule has 0 bridgehead atoms. The lowest BCUT2D eigenvalue weighted by atomic mass is 10.2. The van der Waals surface area contributed by atoms with Crippen LogP contribution in [-0.2, 0) is 11.4 Å². The van der Waals surface area contributed by atoms with Gasteiger partial charge < -0.3 is 0 Å². The van der Waals surface area contributed by atoms with E-state index in [0.717, 1.165) is 5.56 Å². The van der Waals surface area contributed by atoms with E-state index in [1.165, 1.54) is 12.1 Å². The second-order valence-corrected chi connectivity index (χ2v) is 2.32. The van der Waals surface area contributed by atoms with Crippen molar-refractivity contribution in [3.63, 3.8) is 0 Å². The van der Waals surface area contributed by atoms with Gasteiger partial charge in [0.05, 0.1) is 0 Å². The number of fused-ring (bicyclic) bond motifs is 1.